The van der Waals surface area contributed by atoms with Crippen LogP contribution in [0.25, 0.3) is 15.9 Å². The molecule has 0 amide bonds. The SMILES string of the molecule is CCOc1ccc(-n2c(=O)c3c(C)c(C)sc3n(Cc3ccccc3Cl)c2=O)cc1. The third-order valence-corrected chi connectivity index (χ3v) is 6.74. The Morgan fingerprint density at radius 3 is 2.40 bits per heavy atom. The van der Waals surface area contributed by atoms with Gasteiger partial charge in [-0.05, 0) is 62.2 Å². The molecule has 2 aromatic heterocycles. The van der Waals surface area contributed by atoms with Crippen molar-refractivity contribution in [2.75, 3.05) is 6.61 Å². The fraction of sp³-hybridized carbons (Fsp3) is 0.217. The van der Waals surface area contributed by atoms with E-state index in [9.17, 15) is 9.59 Å². The zero-order chi connectivity index (χ0) is 21.4. The summed E-state index contributed by atoms with van der Waals surface area (Å²) < 4.78 is 8.35. The molecule has 154 valence electrons. The minimum absolute atomic E-state index is 0.283. The summed E-state index contributed by atoms with van der Waals surface area (Å²) in [4.78, 5) is 28.6. The van der Waals surface area contributed by atoms with Crippen LogP contribution >= 0.6 is 22.9 Å². The fourth-order valence-electron chi connectivity index (χ4n) is 3.48. The number of nitrogens with zero attached hydrogens (tertiary/aromatic N) is 2. The van der Waals surface area contributed by atoms with Gasteiger partial charge < -0.3 is 4.74 Å². The van der Waals surface area contributed by atoms with Crippen LogP contribution in [0.15, 0.2) is 58.1 Å². The van der Waals surface area contributed by atoms with Crippen LogP contribution in [0.5, 0.6) is 5.75 Å². The van der Waals surface area contributed by atoms with Crippen molar-refractivity contribution >= 4 is 33.2 Å². The smallest absolute Gasteiger partial charge is 0.337 e. The Balaban J connectivity index is 1.99. The molecule has 2 heterocycles. The minimum atomic E-state index is -0.391. The Morgan fingerprint density at radius 1 is 1.03 bits per heavy atom. The van der Waals surface area contributed by atoms with E-state index in [1.165, 1.54) is 15.9 Å². The van der Waals surface area contributed by atoms with Gasteiger partial charge in [0.05, 0.1) is 24.2 Å². The zero-order valence-electron chi connectivity index (χ0n) is 16.9. The number of thiophene rings is 1. The van der Waals surface area contributed by atoms with Gasteiger partial charge in [-0.3, -0.25) is 9.36 Å². The van der Waals surface area contributed by atoms with Crippen LogP contribution in [0.2, 0.25) is 5.02 Å². The minimum Gasteiger partial charge on any atom is -0.494 e. The molecule has 0 aliphatic carbocycles. The second kappa shape index (κ2) is 8.13. The summed E-state index contributed by atoms with van der Waals surface area (Å²) in [7, 11) is 0. The molecule has 0 unspecified atom stereocenters. The molecule has 4 rings (SSSR count). The largest absolute Gasteiger partial charge is 0.494 e. The van der Waals surface area contributed by atoms with E-state index in [1.807, 2.05) is 39.0 Å². The summed E-state index contributed by atoms with van der Waals surface area (Å²) in [5.74, 6) is 0.689. The Kier molecular flexibility index (Phi) is 5.54. The highest BCUT2D eigenvalue weighted by Gasteiger charge is 2.20. The number of halogens is 1. The van der Waals surface area contributed by atoms with E-state index < -0.39 is 5.69 Å². The third kappa shape index (κ3) is 3.46. The van der Waals surface area contributed by atoms with Gasteiger partial charge in [0.1, 0.15) is 10.6 Å². The molecule has 4 aromatic rings. The van der Waals surface area contributed by atoms with Gasteiger partial charge >= 0.3 is 5.69 Å². The highest BCUT2D eigenvalue weighted by atomic mass is 35.5. The Bertz CT molecular complexity index is 1350. The van der Waals surface area contributed by atoms with Gasteiger partial charge in [0, 0.05) is 9.90 Å². The number of fused-ring (bicyclic) bond motifs is 1. The van der Waals surface area contributed by atoms with Crippen LogP contribution in [0.1, 0.15) is 22.9 Å². The van der Waals surface area contributed by atoms with E-state index in [0.29, 0.717) is 33.3 Å². The summed E-state index contributed by atoms with van der Waals surface area (Å²) in [5, 5.41) is 1.15. The average molecular weight is 441 g/mol. The molecular formula is C23H21ClN2O3S. The van der Waals surface area contributed by atoms with Crippen LogP contribution in [0, 0.1) is 13.8 Å². The van der Waals surface area contributed by atoms with Crippen LogP contribution in [0.3, 0.4) is 0 Å². The van der Waals surface area contributed by atoms with Crippen LogP contribution < -0.4 is 16.0 Å². The summed E-state index contributed by atoms with van der Waals surface area (Å²) in [6, 6.07) is 14.4. The third-order valence-electron chi connectivity index (χ3n) is 5.14. The molecule has 0 aliphatic rings. The molecular weight excluding hydrogens is 420 g/mol. The second-order valence-electron chi connectivity index (χ2n) is 6.99. The van der Waals surface area contributed by atoms with Crippen molar-refractivity contribution in [1.82, 2.24) is 9.13 Å². The first-order chi connectivity index (χ1) is 14.4. The summed E-state index contributed by atoms with van der Waals surface area (Å²) >= 11 is 7.81. The predicted molar refractivity (Wildman–Crippen MR) is 123 cm³/mol. The number of benzene rings is 2. The summed E-state index contributed by atoms with van der Waals surface area (Å²) in [5.41, 5.74) is 1.52. The maximum Gasteiger partial charge on any atom is 0.337 e. The Hall–Kier alpha value is -2.83. The normalized spacial score (nSPS) is 11.2. The van der Waals surface area contributed by atoms with Crippen LogP contribution in [-0.2, 0) is 6.54 Å². The molecule has 30 heavy (non-hydrogen) atoms. The number of aryl methyl sites for hydroxylation is 2. The number of hydrogen-bond acceptors (Lipinski definition) is 4. The van der Waals surface area contributed by atoms with Crippen LogP contribution in [0.4, 0.5) is 0 Å². The number of rotatable bonds is 5. The molecule has 0 atom stereocenters. The first-order valence-corrected chi connectivity index (χ1v) is 10.8. The van der Waals surface area contributed by atoms with Crippen molar-refractivity contribution in [2.45, 2.75) is 27.3 Å². The van der Waals surface area contributed by atoms with Crippen molar-refractivity contribution in [3.63, 3.8) is 0 Å². The zero-order valence-corrected chi connectivity index (χ0v) is 18.5. The molecule has 0 radical (unpaired) electrons. The molecule has 0 fully saturated rings. The van der Waals surface area contributed by atoms with Crippen molar-refractivity contribution in [3.8, 4) is 11.4 Å². The monoisotopic (exact) mass is 440 g/mol. The maximum absolute atomic E-state index is 13.5. The van der Waals surface area contributed by atoms with Gasteiger partial charge in [0.15, 0.2) is 0 Å². The van der Waals surface area contributed by atoms with Gasteiger partial charge in [-0.15, -0.1) is 11.3 Å². The maximum atomic E-state index is 13.5. The molecule has 0 spiro atoms. The van der Waals surface area contributed by atoms with Crippen molar-refractivity contribution < 1.29 is 4.74 Å². The van der Waals surface area contributed by atoms with Gasteiger partial charge in [-0.1, -0.05) is 29.8 Å². The summed E-state index contributed by atoms with van der Waals surface area (Å²) in [6.07, 6.45) is 0. The fourth-order valence-corrected chi connectivity index (χ4v) is 4.82. The first-order valence-electron chi connectivity index (χ1n) is 9.64. The van der Waals surface area contributed by atoms with Crippen molar-refractivity contribution in [1.29, 1.82) is 0 Å². The average Bonchev–Trinajstić information content (AvgIpc) is 3.03. The van der Waals surface area contributed by atoms with Crippen LogP contribution in [-0.4, -0.2) is 15.7 Å². The standard InChI is InChI=1S/C23H21ClN2O3S/c1-4-29-18-11-9-17(10-12-18)26-21(27)20-14(2)15(3)30-22(20)25(23(26)28)13-16-7-5-6-8-19(16)24/h5-12H,4,13H2,1-3H3. The molecule has 5 nitrogen and oxygen atoms in total. The second-order valence-corrected chi connectivity index (χ2v) is 8.60. The molecule has 7 heteroatoms. The van der Waals surface area contributed by atoms with E-state index >= 15 is 0 Å². The van der Waals surface area contributed by atoms with Gasteiger partial charge in [0.2, 0.25) is 0 Å². The lowest BCUT2D eigenvalue weighted by Crippen LogP contribution is -2.38. The first kappa shape index (κ1) is 20.4. The molecule has 0 saturated heterocycles. The molecule has 0 bridgehead atoms. The van der Waals surface area contributed by atoms with E-state index in [1.54, 1.807) is 34.9 Å². The van der Waals surface area contributed by atoms with Crippen molar-refractivity contribution in [2.24, 2.45) is 0 Å². The quantitative estimate of drug-likeness (QED) is 0.442. The van der Waals surface area contributed by atoms with Gasteiger partial charge in [-0.2, -0.15) is 0 Å². The molecule has 2 aromatic carbocycles. The lowest BCUT2D eigenvalue weighted by atomic mass is 10.2. The van der Waals surface area contributed by atoms with E-state index in [2.05, 4.69) is 0 Å². The predicted octanol–water partition coefficient (Wildman–Crippen LogP) is 4.93. The van der Waals surface area contributed by atoms with E-state index in [-0.39, 0.29) is 12.1 Å². The Labute approximate surface area is 182 Å². The van der Waals surface area contributed by atoms with E-state index in [4.69, 9.17) is 16.3 Å². The van der Waals surface area contributed by atoms with Crippen molar-refractivity contribution in [3.05, 3.63) is 90.4 Å². The Morgan fingerprint density at radius 2 is 1.73 bits per heavy atom. The van der Waals surface area contributed by atoms with E-state index in [0.717, 1.165) is 16.0 Å². The number of hydrogen-bond donors (Lipinski definition) is 0. The van der Waals surface area contributed by atoms with Gasteiger partial charge in [-0.25, -0.2) is 9.36 Å². The number of ether oxygens (including phenoxy) is 1. The topological polar surface area (TPSA) is 53.2 Å². The molecule has 0 saturated carbocycles. The lowest BCUT2D eigenvalue weighted by molar-refractivity contribution is 0.340. The molecule has 0 N–H and O–H groups in total. The van der Waals surface area contributed by atoms with Gasteiger partial charge in [0.25, 0.3) is 5.56 Å². The highest BCUT2D eigenvalue weighted by Crippen LogP contribution is 2.28. The summed E-state index contributed by atoms with van der Waals surface area (Å²) in [6.45, 7) is 6.61. The number of aromatic nitrogens is 2. The highest BCUT2D eigenvalue weighted by molar-refractivity contribution is 7.18. The molecule has 0 aliphatic heterocycles. The lowest BCUT2D eigenvalue weighted by Gasteiger charge is -2.13.